The highest BCUT2D eigenvalue weighted by Crippen LogP contribution is 2.24. The fourth-order valence-corrected chi connectivity index (χ4v) is 1.77. The van der Waals surface area contributed by atoms with E-state index in [1.165, 1.54) is 11.1 Å². The van der Waals surface area contributed by atoms with Crippen LogP contribution in [0, 0.1) is 6.07 Å². The monoisotopic (exact) mass is 225 g/mol. The van der Waals surface area contributed by atoms with E-state index >= 15 is 0 Å². The van der Waals surface area contributed by atoms with Crippen LogP contribution in [0.3, 0.4) is 0 Å². The number of rotatable bonds is 3. The van der Waals surface area contributed by atoms with Crippen molar-refractivity contribution in [3.8, 4) is 11.1 Å². The normalized spacial score (nSPS) is 10.3. The Bertz CT molecular complexity index is 504. The number of benzene rings is 2. The Morgan fingerprint density at radius 3 is 2.59 bits per heavy atom. The van der Waals surface area contributed by atoms with E-state index in [-0.39, 0.29) is 0 Å². The summed E-state index contributed by atoms with van der Waals surface area (Å²) in [5.41, 5.74) is 10.3. The highest BCUT2D eigenvalue weighted by Gasteiger charge is 2.01. The van der Waals surface area contributed by atoms with Crippen LogP contribution in [-0.2, 0) is 6.54 Å². The molecule has 0 fully saturated rings. The second-order valence-corrected chi connectivity index (χ2v) is 4.26. The average Bonchev–Trinajstić information content (AvgIpc) is 2.39. The van der Waals surface area contributed by atoms with Gasteiger partial charge in [0.2, 0.25) is 0 Å². The first kappa shape index (κ1) is 11.7. The molecule has 2 N–H and O–H groups in total. The lowest BCUT2D eigenvalue weighted by Crippen LogP contribution is -2.08. The van der Waals surface area contributed by atoms with Crippen molar-refractivity contribution in [1.82, 2.24) is 0 Å². The van der Waals surface area contributed by atoms with Crippen LogP contribution in [0.15, 0.2) is 42.5 Å². The van der Waals surface area contributed by atoms with Crippen molar-refractivity contribution in [3.63, 3.8) is 0 Å². The maximum Gasteiger partial charge on any atom is 0.0447 e. The molecule has 0 heterocycles. The molecule has 17 heavy (non-hydrogen) atoms. The Balaban J connectivity index is 2.41. The number of nitrogens with zero attached hydrogens (tertiary/aromatic N) is 1. The predicted octanol–water partition coefficient (Wildman–Crippen LogP) is 2.68. The van der Waals surface area contributed by atoms with Crippen molar-refractivity contribution < 1.29 is 0 Å². The average molecular weight is 225 g/mol. The van der Waals surface area contributed by atoms with Gasteiger partial charge in [0.15, 0.2) is 0 Å². The molecule has 2 aromatic carbocycles. The summed E-state index contributed by atoms with van der Waals surface area (Å²) in [6.45, 7) is 0.577. The van der Waals surface area contributed by atoms with Gasteiger partial charge in [-0.1, -0.05) is 30.3 Å². The maximum absolute atomic E-state index is 5.66. The van der Waals surface area contributed by atoms with Crippen LogP contribution in [0.4, 0.5) is 5.69 Å². The zero-order chi connectivity index (χ0) is 12.3. The molecular formula is C15H17N2. The van der Waals surface area contributed by atoms with Crippen LogP contribution in [-0.4, -0.2) is 14.1 Å². The van der Waals surface area contributed by atoms with E-state index in [2.05, 4.69) is 35.2 Å². The van der Waals surface area contributed by atoms with Crippen LogP contribution < -0.4 is 10.6 Å². The third kappa shape index (κ3) is 2.66. The predicted molar refractivity (Wildman–Crippen MR) is 72.9 cm³/mol. The van der Waals surface area contributed by atoms with Crippen LogP contribution in [0.5, 0.6) is 0 Å². The third-order valence-corrected chi connectivity index (χ3v) is 2.76. The molecule has 0 aliphatic rings. The van der Waals surface area contributed by atoms with E-state index < -0.39 is 0 Å². The lowest BCUT2D eigenvalue weighted by Gasteiger charge is -2.13. The van der Waals surface area contributed by atoms with Gasteiger partial charge in [-0.15, -0.1) is 0 Å². The van der Waals surface area contributed by atoms with Crippen LogP contribution >= 0.6 is 0 Å². The van der Waals surface area contributed by atoms with Crippen LogP contribution in [0.25, 0.3) is 11.1 Å². The van der Waals surface area contributed by atoms with Gasteiger partial charge < -0.3 is 10.6 Å². The van der Waals surface area contributed by atoms with Gasteiger partial charge in [0, 0.05) is 32.4 Å². The molecule has 2 heteroatoms. The summed E-state index contributed by atoms with van der Waals surface area (Å²) in [4.78, 5) is 2.05. The minimum atomic E-state index is 0.577. The third-order valence-electron chi connectivity index (χ3n) is 2.76. The molecule has 0 saturated carbocycles. The Morgan fingerprint density at radius 2 is 1.88 bits per heavy atom. The molecule has 0 amide bonds. The zero-order valence-corrected chi connectivity index (χ0v) is 10.3. The highest BCUT2D eigenvalue weighted by molar-refractivity contribution is 5.68. The van der Waals surface area contributed by atoms with Crippen molar-refractivity contribution in [2.45, 2.75) is 6.54 Å². The second kappa shape index (κ2) is 5.02. The van der Waals surface area contributed by atoms with Gasteiger partial charge in [-0.05, 0) is 28.8 Å². The topological polar surface area (TPSA) is 29.3 Å². The summed E-state index contributed by atoms with van der Waals surface area (Å²) in [6.07, 6.45) is 0. The number of anilines is 1. The lowest BCUT2D eigenvalue weighted by atomic mass is 10.0. The summed E-state index contributed by atoms with van der Waals surface area (Å²) in [6, 6.07) is 17.7. The first-order chi connectivity index (χ1) is 8.20. The minimum absolute atomic E-state index is 0.577. The lowest BCUT2D eigenvalue weighted by molar-refractivity contribution is 1.07. The Morgan fingerprint density at radius 1 is 1.12 bits per heavy atom. The summed E-state index contributed by atoms with van der Waals surface area (Å²) in [7, 11) is 4.04. The summed E-state index contributed by atoms with van der Waals surface area (Å²) in [5.74, 6) is 0. The number of hydrogen-bond acceptors (Lipinski definition) is 2. The molecule has 0 bridgehead atoms. The molecule has 87 valence electrons. The van der Waals surface area contributed by atoms with Gasteiger partial charge in [0.1, 0.15) is 0 Å². The minimum Gasteiger partial charge on any atom is -0.377 e. The first-order valence-corrected chi connectivity index (χ1v) is 5.69. The molecule has 2 nitrogen and oxygen atoms in total. The maximum atomic E-state index is 5.66. The summed E-state index contributed by atoms with van der Waals surface area (Å²) >= 11 is 0. The van der Waals surface area contributed by atoms with Crippen molar-refractivity contribution in [3.05, 3.63) is 54.1 Å². The van der Waals surface area contributed by atoms with Gasteiger partial charge in [0.05, 0.1) is 0 Å². The first-order valence-electron chi connectivity index (χ1n) is 5.69. The number of hydrogen-bond donors (Lipinski definition) is 1. The van der Waals surface area contributed by atoms with Crippen molar-refractivity contribution in [2.24, 2.45) is 5.73 Å². The van der Waals surface area contributed by atoms with Gasteiger partial charge in [-0.2, -0.15) is 0 Å². The molecule has 1 radical (unpaired) electrons. The number of nitrogens with two attached hydrogens (primary N) is 1. The standard InChI is InChI=1S/C15H17N2/c1-17(2)15-8-4-7-14(10-15)13-6-3-5-12(9-13)11-16/h3-7,9-10H,11,16H2,1-2H3. The van der Waals surface area contributed by atoms with Crippen molar-refractivity contribution in [1.29, 1.82) is 0 Å². The smallest absolute Gasteiger partial charge is 0.0447 e. The van der Waals surface area contributed by atoms with Crippen molar-refractivity contribution in [2.75, 3.05) is 19.0 Å². The summed E-state index contributed by atoms with van der Waals surface area (Å²) in [5, 5.41) is 0. The zero-order valence-electron chi connectivity index (χ0n) is 10.3. The SMILES string of the molecule is CN(C)c1[c]ccc(-c2cccc(CN)c2)c1. The fraction of sp³-hybridized carbons (Fsp3) is 0.200. The molecule has 0 aliphatic heterocycles. The fourth-order valence-electron chi connectivity index (χ4n) is 1.77. The van der Waals surface area contributed by atoms with E-state index in [0.717, 1.165) is 11.3 Å². The highest BCUT2D eigenvalue weighted by atomic mass is 15.1. The quantitative estimate of drug-likeness (QED) is 0.870. The van der Waals surface area contributed by atoms with E-state index in [0.29, 0.717) is 6.54 Å². The molecule has 0 spiro atoms. The Hall–Kier alpha value is -1.80. The van der Waals surface area contributed by atoms with E-state index in [1.54, 1.807) is 0 Å². The molecule has 0 aromatic heterocycles. The molecule has 0 atom stereocenters. The van der Waals surface area contributed by atoms with Gasteiger partial charge in [-0.3, -0.25) is 0 Å². The Kier molecular flexibility index (Phi) is 3.45. The Labute approximate surface area is 103 Å². The molecule has 0 saturated heterocycles. The van der Waals surface area contributed by atoms with Gasteiger partial charge in [0.25, 0.3) is 0 Å². The van der Waals surface area contributed by atoms with E-state index in [9.17, 15) is 0 Å². The molecule has 2 aromatic rings. The molecule has 2 rings (SSSR count). The van der Waals surface area contributed by atoms with E-state index in [1.807, 2.05) is 32.3 Å². The van der Waals surface area contributed by atoms with Crippen LogP contribution in [0.2, 0.25) is 0 Å². The molecular weight excluding hydrogens is 208 g/mol. The van der Waals surface area contributed by atoms with E-state index in [4.69, 9.17) is 5.73 Å². The molecule has 0 unspecified atom stereocenters. The van der Waals surface area contributed by atoms with Crippen LogP contribution in [0.1, 0.15) is 5.56 Å². The van der Waals surface area contributed by atoms with Gasteiger partial charge >= 0.3 is 0 Å². The van der Waals surface area contributed by atoms with Crippen molar-refractivity contribution >= 4 is 5.69 Å². The van der Waals surface area contributed by atoms with Gasteiger partial charge in [-0.25, -0.2) is 0 Å². The molecule has 0 aliphatic carbocycles. The largest absolute Gasteiger partial charge is 0.377 e. The summed E-state index contributed by atoms with van der Waals surface area (Å²) < 4.78 is 0. The second-order valence-electron chi connectivity index (χ2n) is 4.26.